The van der Waals surface area contributed by atoms with Crippen LogP contribution in [0.1, 0.15) is 49.8 Å². The standard InChI is InChI=1S/C15H18F3N5O3/c1-8(2)12-20-9(7-10(21-12)15(16,17)18)11(19)23(14(25)26)13(24)22-5-3-4-6-22/h7-8,19H,3-6H2,1-2H3,(H,25,26). The number of hydrogen-bond acceptors (Lipinski definition) is 5. The number of alkyl halides is 3. The van der Waals surface area contributed by atoms with Gasteiger partial charge < -0.3 is 10.0 Å². The van der Waals surface area contributed by atoms with Gasteiger partial charge >= 0.3 is 18.3 Å². The zero-order valence-corrected chi connectivity index (χ0v) is 14.2. The molecule has 142 valence electrons. The number of amides is 3. The SMILES string of the molecule is CC(C)c1nc(C(=N)N(C(=O)O)C(=O)N2CCCC2)cc(C(F)(F)F)n1. The van der Waals surface area contributed by atoms with Crippen LogP contribution in [0, 0.1) is 5.41 Å². The molecule has 1 aliphatic heterocycles. The van der Waals surface area contributed by atoms with E-state index in [0.29, 0.717) is 32.0 Å². The lowest BCUT2D eigenvalue weighted by Gasteiger charge is -2.24. The van der Waals surface area contributed by atoms with Crippen molar-refractivity contribution in [3.05, 3.63) is 23.3 Å². The van der Waals surface area contributed by atoms with Crippen molar-refractivity contribution in [1.29, 1.82) is 5.41 Å². The van der Waals surface area contributed by atoms with E-state index in [9.17, 15) is 27.9 Å². The van der Waals surface area contributed by atoms with Crippen molar-refractivity contribution in [1.82, 2.24) is 19.8 Å². The molecule has 2 N–H and O–H groups in total. The number of aromatic nitrogens is 2. The number of imide groups is 1. The highest BCUT2D eigenvalue weighted by Gasteiger charge is 2.37. The van der Waals surface area contributed by atoms with Gasteiger partial charge in [0.15, 0.2) is 5.84 Å². The van der Waals surface area contributed by atoms with E-state index in [-0.39, 0.29) is 10.7 Å². The molecule has 0 spiro atoms. The molecule has 3 amide bonds. The van der Waals surface area contributed by atoms with Crippen molar-refractivity contribution in [2.75, 3.05) is 13.1 Å². The van der Waals surface area contributed by atoms with Crippen LogP contribution in [-0.4, -0.2) is 55.9 Å². The number of nitrogens with one attached hydrogen (secondary N) is 1. The Balaban J connectivity index is 2.46. The Morgan fingerprint density at radius 1 is 1.27 bits per heavy atom. The van der Waals surface area contributed by atoms with Gasteiger partial charge in [-0.1, -0.05) is 13.8 Å². The van der Waals surface area contributed by atoms with Crippen LogP contribution in [0.5, 0.6) is 0 Å². The van der Waals surface area contributed by atoms with Gasteiger partial charge in [-0.2, -0.15) is 18.1 Å². The number of nitrogens with zero attached hydrogens (tertiary/aromatic N) is 4. The van der Waals surface area contributed by atoms with E-state index in [1.165, 1.54) is 4.90 Å². The summed E-state index contributed by atoms with van der Waals surface area (Å²) in [6.07, 6.45) is -5.18. The topological polar surface area (TPSA) is 110 Å². The minimum atomic E-state index is -4.80. The summed E-state index contributed by atoms with van der Waals surface area (Å²) in [5.41, 5.74) is -1.87. The number of carbonyl (C=O) groups is 2. The highest BCUT2D eigenvalue weighted by atomic mass is 19.4. The van der Waals surface area contributed by atoms with Gasteiger partial charge in [-0.3, -0.25) is 5.41 Å². The average Bonchev–Trinajstić information content (AvgIpc) is 3.07. The molecule has 2 rings (SSSR count). The number of carbonyl (C=O) groups excluding carboxylic acids is 1. The van der Waals surface area contributed by atoms with Gasteiger partial charge in [0.25, 0.3) is 0 Å². The van der Waals surface area contributed by atoms with Gasteiger partial charge in [-0.25, -0.2) is 19.6 Å². The Morgan fingerprint density at radius 2 is 1.85 bits per heavy atom. The molecule has 0 bridgehead atoms. The second kappa shape index (κ2) is 7.26. The van der Waals surface area contributed by atoms with Gasteiger partial charge in [0.05, 0.1) is 0 Å². The first kappa shape index (κ1) is 19.6. The third-order valence-corrected chi connectivity index (χ3v) is 3.78. The van der Waals surface area contributed by atoms with Gasteiger partial charge in [-0.05, 0) is 18.9 Å². The van der Waals surface area contributed by atoms with Crippen LogP contribution in [0.4, 0.5) is 22.8 Å². The molecule has 1 aliphatic rings. The maximum Gasteiger partial charge on any atom is 0.433 e. The molecule has 1 aromatic rings. The quantitative estimate of drug-likeness (QED) is 0.611. The van der Waals surface area contributed by atoms with Crippen LogP contribution in [0.15, 0.2) is 6.07 Å². The van der Waals surface area contributed by atoms with Crippen molar-refractivity contribution in [2.45, 2.75) is 38.8 Å². The maximum atomic E-state index is 13.1. The van der Waals surface area contributed by atoms with Crippen molar-refractivity contribution in [3.8, 4) is 0 Å². The van der Waals surface area contributed by atoms with Crippen molar-refractivity contribution >= 4 is 18.0 Å². The molecule has 0 radical (unpaired) electrons. The fourth-order valence-electron chi connectivity index (χ4n) is 2.43. The number of hydrogen-bond donors (Lipinski definition) is 2. The first-order valence-corrected chi connectivity index (χ1v) is 7.89. The van der Waals surface area contributed by atoms with E-state index in [1.54, 1.807) is 13.8 Å². The Bertz CT molecular complexity index is 730. The monoisotopic (exact) mass is 373 g/mol. The van der Waals surface area contributed by atoms with Gasteiger partial charge in [0.1, 0.15) is 17.2 Å². The van der Waals surface area contributed by atoms with E-state index in [2.05, 4.69) is 9.97 Å². The minimum Gasteiger partial charge on any atom is -0.464 e. The van der Waals surface area contributed by atoms with Gasteiger partial charge in [-0.15, -0.1) is 0 Å². The largest absolute Gasteiger partial charge is 0.464 e. The summed E-state index contributed by atoms with van der Waals surface area (Å²) in [5, 5.41) is 17.3. The fraction of sp³-hybridized carbons (Fsp3) is 0.533. The van der Waals surface area contributed by atoms with Crippen molar-refractivity contribution in [2.24, 2.45) is 0 Å². The second-order valence-corrected chi connectivity index (χ2v) is 6.09. The Labute approximate surface area is 147 Å². The molecular formula is C15H18F3N5O3. The summed E-state index contributed by atoms with van der Waals surface area (Å²) in [6.45, 7) is 3.77. The molecule has 2 heterocycles. The number of likely N-dealkylation sites (tertiary alicyclic amines) is 1. The first-order valence-electron chi connectivity index (χ1n) is 7.89. The zero-order chi connectivity index (χ0) is 19.6. The summed E-state index contributed by atoms with van der Waals surface area (Å²) in [6, 6.07) is -0.500. The summed E-state index contributed by atoms with van der Waals surface area (Å²) >= 11 is 0. The number of amidine groups is 1. The van der Waals surface area contributed by atoms with Crippen LogP contribution in [0.2, 0.25) is 0 Å². The Hall–Kier alpha value is -2.72. The number of carboxylic acid groups (broad SMARTS) is 1. The first-order chi connectivity index (χ1) is 12.0. The lowest BCUT2D eigenvalue weighted by molar-refractivity contribution is -0.141. The highest BCUT2D eigenvalue weighted by molar-refractivity contribution is 6.14. The van der Waals surface area contributed by atoms with Crippen LogP contribution < -0.4 is 0 Å². The number of halogens is 3. The molecule has 0 unspecified atom stereocenters. The summed E-state index contributed by atoms with van der Waals surface area (Å²) in [5.74, 6) is -1.63. The average molecular weight is 373 g/mol. The van der Waals surface area contributed by atoms with Crippen molar-refractivity contribution in [3.63, 3.8) is 0 Å². The van der Waals surface area contributed by atoms with Crippen LogP contribution >= 0.6 is 0 Å². The molecule has 1 saturated heterocycles. The zero-order valence-electron chi connectivity index (χ0n) is 14.2. The van der Waals surface area contributed by atoms with Crippen LogP contribution in [0.25, 0.3) is 0 Å². The summed E-state index contributed by atoms with van der Waals surface area (Å²) < 4.78 is 39.2. The van der Waals surface area contributed by atoms with E-state index in [0.717, 1.165) is 0 Å². The molecule has 8 nitrogen and oxygen atoms in total. The smallest absolute Gasteiger partial charge is 0.433 e. The Morgan fingerprint density at radius 3 is 2.31 bits per heavy atom. The molecule has 0 atom stereocenters. The van der Waals surface area contributed by atoms with Crippen LogP contribution in [0.3, 0.4) is 0 Å². The molecule has 1 aromatic heterocycles. The Kier molecular flexibility index (Phi) is 5.47. The predicted octanol–water partition coefficient (Wildman–Crippen LogP) is 3.14. The molecule has 1 fully saturated rings. The fourth-order valence-corrected chi connectivity index (χ4v) is 2.43. The predicted molar refractivity (Wildman–Crippen MR) is 84.0 cm³/mol. The van der Waals surface area contributed by atoms with Gasteiger partial charge in [0, 0.05) is 19.0 Å². The van der Waals surface area contributed by atoms with Crippen molar-refractivity contribution < 1.29 is 27.9 Å². The van der Waals surface area contributed by atoms with E-state index in [4.69, 9.17) is 5.41 Å². The normalized spacial score (nSPS) is 14.6. The van der Waals surface area contributed by atoms with E-state index < -0.39 is 41.4 Å². The van der Waals surface area contributed by atoms with Gasteiger partial charge in [0.2, 0.25) is 0 Å². The molecule has 26 heavy (non-hydrogen) atoms. The third kappa shape index (κ3) is 4.09. The summed E-state index contributed by atoms with van der Waals surface area (Å²) in [7, 11) is 0. The lowest BCUT2D eigenvalue weighted by Crippen LogP contribution is -2.48. The number of rotatable bonds is 2. The summed E-state index contributed by atoms with van der Waals surface area (Å²) in [4.78, 5) is 32.5. The van der Waals surface area contributed by atoms with Crippen LogP contribution in [-0.2, 0) is 6.18 Å². The molecule has 0 aliphatic carbocycles. The third-order valence-electron chi connectivity index (χ3n) is 3.78. The second-order valence-electron chi connectivity index (χ2n) is 6.09. The highest BCUT2D eigenvalue weighted by Crippen LogP contribution is 2.29. The maximum absolute atomic E-state index is 13.1. The molecule has 0 aromatic carbocycles. The molecule has 0 saturated carbocycles. The molecule has 11 heteroatoms. The lowest BCUT2D eigenvalue weighted by atomic mass is 10.2. The minimum absolute atomic E-state index is 0.109. The van der Waals surface area contributed by atoms with E-state index >= 15 is 0 Å². The molecular weight excluding hydrogens is 355 g/mol. The number of urea groups is 1. The van der Waals surface area contributed by atoms with E-state index in [1.807, 2.05) is 0 Å².